The fourth-order valence-electron chi connectivity index (χ4n) is 3.76. The number of nitrogens with one attached hydrogen (secondary N) is 3. The summed E-state index contributed by atoms with van der Waals surface area (Å²) in [4.78, 5) is 19.6. The van der Waals surface area contributed by atoms with Gasteiger partial charge in [-0.1, -0.05) is 24.3 Å². The van der Waals surface area contributed by atoms with Crippen molar-refractivity contribution in [2.24, 2.45) is 0 Å². The number of alkyl halides is 3. The Morgan fingerprint density at radius 3 is 2.61 bits per heavy atom. The largest absolute Gasteiger partial charge is 0.421 e. The predicted octanol–water partition coefficient (Wildman–Crippen LogP) is 4.13. The molecule has 13 heteroatoms. The molecule has 4 rings (SSSR count). The molecule has 0 unspecified atom stereocenters. The summed E-state index contributed by atoms with van der Waals surface area (Å²) in [5.74, 6) is -0.896. The first kappa shape index (κ1) is 25.2. The van der Waals surface area contributed by atoms with Gasteiger partial charge in [-0.2, -0.15) is 18.2 Å². The molecule has 0 saturated heterocycles. The number of halogens is 3. The smallest absolute Gasteiger partial charge is 0.365 e. The van der Waals surface area contributed by atoms with Gasteiger partial charge in [-0.15, -0.1) is 0 Å². The summed E-state index contributed by atoms with van der Waals surface area (Å²) in [7, 11) is -2.19. The summed E-state index contributed by atoms with van der Waals surface area (Å²) in [5, 5.41) is 8.28. The normalized spacial score (nSPS) is 13.2. The van der Waals surface area contributed by atoms with Crippen molar-refractivity contribution >= 4 is 44.8 Å². The van der Waals surface area contributed by atoms with Crippen molar-refractivity contribution in [2.75, 3.05) is 33.1 Å². The lowest BCUT2D eigenvalue weighted by Crippen LogP contribution is -2.29. The summed E-state index contributed by atoms with van der Waals surface area (Å²) >= 11 is 0. The molecule has 3 aromatic rings. The van der Waals surface area contributed by atoms with Crippen LogP contribution in [0.1, 0.15) is 23.6 Å². The highest BCUT2D eigenvalue weighted by Gasteiger charge is 2.35. The average Bonchev–Trinajstić information content (AvgIpc) is 3.23. The van der Waals surface area contributed by atoms with Gasteiger partial charge in [0.1, 0.15) is 11.4 Å². The Morgan fingerprint density at radius 1 is 1.14 bits per heavy atom. The summed E-state index contributed by atoms with van der Waals surface area (Å²) in [6.45, 7) is 1.38. The SMILES string of the molecule is CCS(=O)(=O)N(C)c1ccccc1CNc1nc(Nc2cccc3c2CC(=O)N3)ncc1C(F)(F)F. The average molecular weight is 521 g/mol. The molecule has 0 saturated carbocycles. The summed E-state index contributed by atoms with van der Waals surface area (Å²) < 4.78 is 66.8. The number of carbonyl (C=O) groups is 1. The zero-order valence-electron chi connectivity index (χ0n) is 19.3. The molecule has 190 valence electrons. The molecule has 2 heterocycles. The molecule has 3 N–H and O–H groups in total. The number of hydrogen-bond acceptors (Lipinski definition) is 7. The summed E-state index contributed by atoms with van der Waals surface area (Å²) in [5.41, 5.74) is 1.49. The van der Waals surface area contributed by atoms with E-state index in [1.807, 2.05) is 0 Å². The molecular weight excluding hydrogens is 497 g/mol. The fraction of sp³-hybridized carbons (Fsp3) is 0.261. The van der Waals surface area contributed by atoms with Crippen LogP contribution < -0.4 is 20.3 Å². The van der Waals surface area contributed by atoms with Gasteiger partial charge in [0.2, 0.25) is 21.9 Å². The topological polar surface area (TPSA) is 116 Å². The van der Waals surface area contributed by atoms with Gasteiger partial charge in [0, 0.05) is 36.7 Å². The Kier molecular flexibility index (Phi) is 6.76. The van der Waals surface area contributed by atoms with Gasteiger partial charge in [0.25, 0.3) is 0 Å². The van der Waals surface area contributed by atoms with Gasteiger partial charge < -0.3 is 16.0 Å². The highest BCUT2D eigenvalue weighted by Crippen LogP contribution is 2.36. The van der Waals surface area contributed by atoms with Gasteiger partial charge in [-0.05, 0) is 30.7 Å². The van der Waals surface area contributed by atoms with E-state index in [1.54, 1.807) is 42.5 Å². The molecular formula is C23H23F3N6O3S. The predicted molar refractivity (Wildman–Crippen MR) is 131 cm³/mol. The van der Waals surface area contributed by atoms with E-state index >= 15 is 0 Å². The van der Waals surface area contributed by atoms with Crippen molar-refractivity contribution in [3.8, 4) is 0 Å². The van der Waals surface area contributed by atoms with Crippen LogP contribution in [0.4, 0.5) is 42.0 Å². The minimum atomic E-state index is -4.73. The maximum absolute atomic E-state index is 13.7. The second-order valence-corrected chi connectivity index (χ2v) is 10.3. The Hall–Kier alpha value is -3.87. The van der Waals surface area contributed by atoms with Gasteiger partial charge >= 0.3 is 6.18 Å². The third kappa shape index (κ3) is 5.20. The van der Waals surface area contributed by atoms with Crippen LogP contribution in [-0.4, -0.2) is 37.1 Å². The molecule has 0 bridgehead atoms. The maximum atomic E-state index is 13.7. The monoisotopic (exact) mass is 520 g/mol. The van der Waals surface area contributed by atoms with Crippen LogP contribution in [-0.2, 0) is 34.0 Å². The molecule has 1 aromatic heterocycles. The van der Waals surface area contributed by atoms with E-state index in [2.05, 4.69) is 25.9 Å². The number of anilines is 5. The van der Waals surface area contributed by atoms with Gasteiger partial charge in [0.15, 0.2) is 0 Å². The van der Waals surface area contributed by atoms with Crippen LogP contribution in [0, 0.1) is 0 Å². The number of sulfonamides is 1. The van der Waals surface area contributed by atoms with Crippen molar-refractivity contribution in [1.82, 2.24) is 9.97 Å². The number of fused-ring (bicyclic) bond motifs is 1. The van der Waals surface area contributed by atoms with E-state index in [-0.39, 0.29) is 30.6 Å². The van der Waals surface area contributed by atoms with Crippen molar-refractivity contribution in [1.29, 1.82) is 0 Å². The van der Waals surface area contributed by atoms with Crippen LogP contribution in [0.5, 0.6) is 0 Å². The number of benzene rings is 2. The molecule has 0 fully saturated rings. The molecule has 0 atom stereocenters. The van der Waals surface area contributed by atoms with Gasteiger partial charge in [0.05, 0.1) is 17.9 Å². The number of amides is 1. The van der Waals surface area contributed by atoms with Crippen LogP contribution in [0.2, 0.25) is 0 Å². The molecule has 1 amide bonds. The fourth-order valence-corrected chi connectivity index (χ4v) is 4.63. The van der Waals surface area contributed by atoms with E-state index in [0.717, 1.165) is 4.31 Å². The number of hydrogen-bond donors (Lipinski definition) is 3. The van der Waals surface area contributed by atoms with E-state index in [4.69, 9.17) is 0 Å². The van der Waals surface area contributed by atoms with Crippen molar-refractivity contribution in [3.05, 3.63) is 65.4 Å². The van der Waals surface area contributed by atoms with E-state index in [1.165, 1.54) is 14.0 Å². The van der Waals surface area contributed by atoms with Crippen LogP contribution in [0.3, 0.4) is 0 Å². The van der Waals surface area contributed by atoms with Gasteiger partial charge in [-0.25, -0.2) is 13.4 Å². The van der Waals surface area contributed by atoms with Crippen LogP contribution in [0.25, 0.3) is 0 Å². The number of para-hydroxylation sites is 1. The first-order valence-electron chi connectivity index (χ1n) is 10.9. The Balaban J connectivity index is 1.64. The maximum Gasteiger partial charge on any atom is 0.421 e. The summed E-state index contributed by atoms with van der Waals surface area (Å²) in [6, 6.07) is 11.6. The van der Waals surface area contributed by atoms with Crippen LogP contribution >= 0.6 is 0 Å². The third-order valence-electron chi connectivity index (χ3n) is 5.69. The number of rotatable bonds is 8. The second kappa shape index (κ2) is 9.64. The van der Waals surface area contributed by atoms with E-state index < -0.39 is 27.6 Å². The zero-order valence-corrected chi connectivity index (χ0v) is 20.2. The van der Waals surface area contributed by atoms with Gasteiger partial charge in [-0.3, -0.25) is 9.10 Å². The molecule has 9 nitrogen and oxygen atoms in total. The van der Waals surface area contributed by atoms with E-state index in [9.17, 15) is 26.4 Å². The minimum absolute atomic E-state index is 0.0998. The van der Waals surface area contributed by atoms with E-state index in [0.29, 0.717) is 34.4 Å². The molecule has 36 heavy (non-hydrogen) atoms. The lowest BCUT2D eigenvalue weighted by molar-refractivity contribution is -0.137. The number of nitrogens with zero attached hydrogens (tertiary/aromatic N) is 3. The molecule has 1 aliphatic heterocycles. The minimum Gasteiger partial charge on any atom is -0.365 e. The van der Waals surface area contributed by atoms with Crippen molar-refractivity contribution < 1.29 is 26.4 Å². The standard InChI is InChI=1S/C23H23F3N6O3S/c1-3-36(34,35)32(2)19-10-5-4-7-14(19)12-27-21-16(23(24,25)26)13-28-22(31-21)30-18-9-6-8-17-15(18)11-20(33)29-17/h4-10,13H,3,11-12H2,1-2H3,(H,29,33)(H2,27,28,30,31). The Morgan fingerprint density at radius 2 is 1.89 bits per heavy atom. The highest BCUT2D eigenvalue weighted by atomic mass is 32.2. The Labute approximate surface area is 205 Å². The number of aromatic nitrogens is 2. The van der Waals surface area contributed by atoms with Crippen LogP contribution in [0.15, 0.2) is 48.7 Å². The molecule has 0 spiro atoms. The second-order valence-electron chi connectivity index (χ2n) is 7.99. The first-order valence-corrected chi connectivity index (χ1v) is 12.5. The molecule has 0 aliphatic carbocycles. The molecule has 1 aliphatic rings. The molecule has 2 aromatic carbocycles. The summed E-state index contributed by atoms with van der Waals surface area (Å²) in [6.07, 6.45) is -3.94. The quantitative estimate of drug-likeness (QED) is 0.409. The zero-order chi connectivity index (χ0) is 26.1. The number of carbonyl (C=O) groups excluding carboxylic acids is 1. The van der Waals surface area contributed by atoms with Crippen molar-refractivity contribution in [2.45, 2.75) is 26.1 Å². The first-order chi connectivity index (χ1) is 17.0. The third-order valence-corrected chi connectivity index (χ3v) is 7.45. The van der Waals surface area contributed by atoms with Crippen molar-refractivity contribution in [3.63, 3.8) is 0 Å². The lowest BCUT2D eigenvalue weighted by atomic mass is 10.1. The molecule has 0 radical (unpaired) electrons. The highest BCUT2D eigenvalue weighted by molar-refractivity contribution is 7.92. The Bertz CT molecular complexity index is 1410. The lowest BCUT2D eigenvalue weighted by Gasteiger charge is -2.22.